The monoisotopic (exact) mass is 452 g/mol. The van der Waals surface area contributed by atoms with Crippen molar-refractivity contribution in [2.45, 2.75) is 33.5 Å². The summed E-state index contributed by atoms with van der Waals surface area (Å²) < 4.78 is 0. The minimum absolute atomic E-state index is 0.0519. The molecule has 1 saturated heterocycles. The van der Waals surface area contributed by atoms with Crippen LogP contribution in [0.1, 0.15) is 29.4 Å². The number of hydrogen-bond acceptors (Lipinski definition) is 5. The Kier molecular flexibility index (Phi) is 6.94. The normalized spacial score (nSPS) is 22.8. The zero-order valence-electron chi connectivity index (χ0n) is 19.4. The van der Waals surface area contributed by atoms with Crippen LogP contribution in [0.3, 0.4) is 0 Å². The van der Waals surface area contributed by atoms with E-state index in [0.29, 0.717) is 8.58 Å². The lowest BCUT2D eigenvalue weighted by Crippen LogP contribution is -2.47. The predicted molar refractivity (Wildman–Crippen MR) is 131 cm³/mol. The van der Waals surface area contributed by atoms with Crippen molar-refractivity contribution >= 4 is 20.6 Å². The zero-order valence-corrected chi connectivity index (χ0v) is 20.4. The molecule has 0 aliphatic carbocycles. The van der Waals surface area contributed by atoms with Crippen LogP contribution in [0.5, 0.6) is 0 Å². The van der Waals surface area contributed by atoms with Gasteiger partial charge in [-0.3, -0.25) is 14.7 Å². The molecule has 7 heteroatoms. The van der Waals surface area contributed by atoms with Crippen molar-refractivity contribution in [2.75, 3.05) is 39.3 Å². The highest BCUT2D eigenvalue weighted by Crippen LogP contribution is 2.43. The van der Waals surface area contributed by atoms with Gasteiger partial charge in [-0.25, -0.2) is 0 Å². The van der Waals surface area contributed by atoms with E-state index in [1.165, 1.54) is 11.1 Å². The van der Waals surface area contributed by atoms with Gasteiger partial charge in [0.25, 0.3) is 5.91 Å². The summed E-state index contributed by atoms with van der Waals surface area (Å²) in [6, 6.07) is 2.11. The SMILES string of the molecule is C/C(=C\c1cc(C)nc(C)c1C)C1=CC(=O)N2C=C(N3CCN(CCO)CC3)C=CC2P1. The van der Waals surface area contributed by atoms with Crippen LogP contribution >= 0.6 is 8.58 Å². The van der Waals surface area contributed by atoms with Gasteiger partial charge in [0.2, 0.25) is 0 Å². The lowest BCUT2D eigenvalue weighted by atomic mass is 10.0. The first kappa shape index (κ1) is 22.9. The summed E-state index contributed by atoms with van der Waals surface area (Å²) in [6.07, 6.45) is 10.4. The molecule has 32 heavy (non-hydrogen) atoms. The molecule has 6 nitrogen and oxygen atoms in total. The van der Waals surface area contributed by atoms with Crippen molar-refractivity contribution < 1.29 is 9.90 Å². The number of rotatable bonds is 5. The minimum atomic E-state index is 0.0519. The molecule has 0 saturated carbocycles. The average Bonchev–Trinajstić information content (AvgIpc) is 2.77. The van der Waals surface area contributed by atoms with Crippen molar-refractivity contribution in [2.24, 2.45) is 0 Å². The van der Waals surface area contributed by atoms with Crippen molar-refractivity contribution in [3.8, 4) is 0 Å². The van der Waals surface area contributed by atoms with Crippen LogP contribution in [0.25, 0.3) is 6.08 Å². The molecule has 3 aliphatic rings. The molecule has 1 aromatic rings. The molecule has 1 fully saturated rings. The molecule has 0 bridgehead atoms. The molecular formula is C25H33N4O2P. The second-order valence-electron chi connectivity index (χ2n) is 8.75. The maximum Gasteiger partial charge on any atom is 0.252 e. The summed E-state index contributed by atoms with van der Waals surface area (Å²) in [4.78, 5) is 24.1. The summed E-state index contributed by atoms with van der Waals surface area (Å²) in [6.45, 7) is 12.9. The molecule has 2 atom stereocenters. The van der Waals surface area contributed by atoms with E-state index in [1.807, 2.05) is 31.0 Å². The molecule has 170 valence electrons. The number of β-amino-alcohol motifs (C(OH)–C–C–N with tert-alkyl or cyclic N) is 1. The number of allylic oxidation sites excluding steroid dienone is 3. The van der Waals surface area contributed by atoms with Crippen LogP contribution in [0.15, 0.2) is 47.1 Å². The van der Waals surface area contributed by atoms with Crippen molar-refractivity contribution in [3.63, 3.8) is 0 Å². The van der Waals surface area contributed by atoms with E-state index in [0.717, 1.165) is 60.7 Å². The van der Waals surface area contributed by atoms with Crippen LogP contribution in [0, 0.1) is 20.8 Å². The molecule has 0 spiro atoms. The van der Waals surface area contributed by atoms with Gasteiger partial charge >= 0.3 is 0 Å². The number of fused-ring (bicyclic) bond motifs is 1. The maximum absolute atomic E-state index is 13.0. The van der Waals surface area contributed by atoms with Gasteiger partial charge < -0.3 is 14.9 Å². The number of aromatic nitrogens is 1. The van der Waals surface area contributed by atoms with Crippen molar-refractivity contribution in [3.05, 3.63) is 69.6 Å². The highest BCUT2D eigenvalue weighted by atomic mass is 31.1. The number of piperazine rings is 1. The van der Waals surface area contributed by atoms with Gasteiger partial charge in [-0.2, -0.15) is 0 Å². The van der Waals surface area contributed by atoms with Gasteiger partial charge in [-0.15, -0.1) is 0 Å². The van der Waals surface area contributed by atoms with Gasteiger partial charge in [0, 0.05) is 56.4 Å². The van der Waals surface area contributed by atoms with Gasteiger partial charge in [-0.05, 0) is 61.9 Å². The van der Waals surface area contributed by atoms with E-state index in [1.54, 1.807) is 0 Å². The Morgan fingerprint density at radius 1 is 1.25 bits per heavy atom. The first-order valence-electron chi connectivity index (χ1n) is 11.3. The molecule has 1 N–H and O–H groups in total. The number of carbonyl (C=O) groups is 1. The van der Waals surface area contributed by atoms with Crippen LogP contribution in [-0.4, -0.2) is 75.8 Å². The van der Waals surface area contributed by atoms with E-state index in [9.17, 15) is 4.79 Å². The molecule has 3 aliphatic heterocycles. The molecule has 1 aromatic heterocycles. The van der Waals surface area contributed by atoms with E-state index in [-0.39, 0.29) is 18.3 Å². The topological polar surface area (TPSA) is 59.9 Å². The van der Waals surface area contributed by atoms with Crippen molar-refractivity contribution in [1.29, 1.82) is 0 Å². The third kappa shape index (κ3) is 4.88. The van der Waals surface area contributed by atoms with Gasteiger partial charge in [-0.1, -0.05) is 20.7 Å². The fourth-order valence-electron chi connectivity index (χ4n) is 4.44. The lowest BCUT2D eigenvalue weighted by Gasteiger charge is -2.40. The third-order valence-electron chi connectivity index (χ3n) is 6.48. The first-order chi connectivity index (χ1) is 15.4. The number of carbonyl (C=O) groups excluding carboxylic acids is 1. The Balaban J connectivity index is 1.49. The Morgan fingerprint density at radius 3 is 2.72 bits per heavy atom. The Morgan fingerprint density at radius 2 is 2.00 bits per heavy atom. The van der Waals surface area contributed by atoms with Crippen LogP contribution < -0.4 is 0 Å². The van der Waals surface area contributed by atoms with Gasteiger partial charge in [0.1, 0.15) is 0 Å². The molecule has 1 amide bonds. The summed E-state index contributed by atoms with van der Waals surface area (Å²) >= 11 is 0. The zero-order chi connectivity index (χ0) is 22.8. The van der Waals surface area contributed by atoms with Gasteiger partial charge in [0.05, 0.1) is 18.1 Å². The molecule has 4 heterocycles. The minimum Gasteiger partial charge on any atom is -0.395 e. The maximum atomic E-state index is 13.0. The van der Waals surface area contributed by atoms with E-state index < -0.39 is 0 Å². The standard InChI is InChI=1S/C25H33N4O2P/c1-17(13-21-14-18(2)26-20(4)19(21)3)23-15-24(31)29-16-22(5-6-25(29)32-23)28-9-7-27(8-10-28)11-12-30/h5-6,13-16,25,30,32H,7-12H2,1-4H3/b17-13+. The highest BCUT2D eigenvalue weighted by Gasteiger charge is 2.30. The Bertz CT molecular complexity index is 1020. The molecule has 2 unspecified atom stereocenters. The van der Waals surface area contributed by atoms with Gasteiger partial charge in [0.15, 0.2) is 0 Å². The average molecular weight is 453 g/mol. The predicted octanol–water partition coefficient (Wildman–Crippen LogP) is 3.16. The number of hydrogen-bond donors (Lipinski definition) is 1. The second-order valence-corrected chi connectivity index (χ2v) is 10.2. The molecule has 0 radical (unpaired) electrons. The summed E-state index contributed by atoms with van der Waals surface area (Å²) in [5, 5.41) is 10.3. The van der Waals surface area contributed by atoms with Crippen molar-refractivity contribution in [1.82, 2.24) is 19.7 Å². The lowest BCUT2D eigenvalue weighted by molar-refractivity contribution is -0.124. The highest BCUT2D eigenvalue weighted by molar-refractivity contribution is 7.44. The summed E-state index contributed by atoms with van der Waals surface area (Å²) in [5.74, 6) is 0.142. The van der Waals surface area contributed by atoms with E-state index >= 15 is 0 Å². The molecule has 0 aromatic carbocycles. The summed E-state index contributed by atoms with van der Waals surface area (Å²) in [7, 11) is 0.523. The Labute approximate surface area is 192 Å². The Hall–Kier alpha value is -2.27. The van der Waals surface area contributed by atoms with Crippen LogP contribution in [-0.2, 0) is 4.79 Å². The third-order valence-corrected chi connectivity index (χ3v) is 8.10. The summed E-state index contributed by atoms with van der Waals surface area (Å²) in [5.41, 5.74) is 6.68. The number of aliphatic hydroxyl groups excluding tert-OH is 1. The number of nitrogens with zero attached hydrogens (tertiary/aromatic N) is 4. The van der Waals surface area contributed by atoms with E-state index in [2.05, 4.69) is 52.9 Å². The number of aryl methyl sites for hydroxylation is 2. The fraction of sp³-hybridized carbons (Fsp3) is 0.440. The first-order valence-corrected chi connectivity index (χ1v) is 12.4. The largest absolute Gasteiger partial charge is 0.395 e. The quantitative estimate of drug-likeness (QED) is 0.696. The number of aliphatic hydroxyl groups is 1. The number of pyridine rings is 1. The van der Waals surface area contributed by atoms with Crippen LogP contribution in [0.4, 0.5) is 0 Å². The second kappa shape index (κ2) is 9.70. The van der Waals surface area contributed by atoms with E-state index in [4.69, 9.17) is 5.11 Å². The van der Waals surface area contributed by atoms with Crippen LogP contribution in [0.2, 0.25) is 0 Å². The fourth-order valence-corrected chi connectivity index (χ4v) is 5.79. The number of amides is 1. The smallest absolute Gasteiger partial charge is 0.252 e. The molecular weight excluding hydrogens is 419 g/mol. The molecule has 4 rings (SSSR count).